The van der Waals surface area contributed by atoms with Crippen molar-refractivity contribution in [2.45, 2.75) is 25.8 Å². The summed E-state index contributed by atoms with van der Waals surface area (Å²) in [5, 5.41) is 14.5. The number of amides is 2. The molecule has 152 valence electrons. The monoisotopic (exact) mass is 418 g/mol. The molecular weight excluding hydrogens is 396 g/mol. The first-order valence-electron chi connectivity index (χ1n) is 9.66. The highest BCUT2D eigenvalue weighted by Gasteiger charge is 2.16. The summed E-state index contributed by atoms with van der Waals surface area (Å²) in [7, 11) is 0. The molecule has 0 unspecified atom stereocenters. The van der Waals surface area contributed by atoms with Crippen LogP contribution >= 0.6 is 11.3 Å². The maximum absolute atomic E-state index is 12.6. The summed E-state index contributed by atoms with van der Waals surface area (Å²) >= 11 is 1.49. The van der Waals surface area contributed by atoms with E-state index in [1.54, 1.807) is 4.90 Å². The van der Waals surface area contributed by atoms with Gasteiger partial charge in [0.15, 0.2) is 0 Å². The summed E-state index contributed by atoms with van der Waals surface area (Å²) in [5.74, 6) is -0.375. The molecule has 0 radical (unpaired) electrons. The smallest absolute Gasteiger partial charge is 0.227 e. The first kappa shape index (κ1) is 21.2. The van der Waals surface area contributed by atoms with Gasteiger partial charge in [0.05, 0.1) is 24.7 Å². The molecule has 2 amide bonds. The molecule has 0 aliphatic heterocycles. The number of benzene rings is 2. The average Bonchev–Trinajstić information content (AvgIpc) is 3.27. The van der Waals surface area contributed by atoms with Crippen molar-refractivity contribution in [2.24, 2.45) is 0 Å². The van der Waals surface area contributed by atoms with E-state index in [-0.39, 0.29) is 31.1 Å². The van der Waals surface area contributed by atoms with Gasteiger partial charge in [0.1, 0.15) is 5.01 Å². The Labute approximate surface area is 179 Å². The zero-order chi connectivity index (χ0) is 21.2. The Morgan fingerprint density at radius 1 is 1.03 bits per heavy atom. The van der Waals surface area contributed by atoms with Crippen molar-refractivity contribution in [1.82, 2.24) is 10.3 Å². The van der Waals surface area contributed by atoms with Crippen molar-refractivity contribution >= 4 is 28.8 Å². The van der Waals surface area contributed by atoms with Crippen LogP contribution in [0.25, 0.3) is 11.3 Å². The predicted octanol–water partition coefficient (Wildman–Crippen LogP) is 4.15. The molecule has 1 N–H and O–H groups in total. The Morgan fingerprint density at radius 3 is 2.43 bits per heavy atom. The lowest BCUT2D eigenvalue weighted by Crippen LogP contribution is -2.33. The van der Waals surface area contributed by atoms with E-state index in [1.807, 2.05) is 66.0 Å². The Kier molecular flexibility index (Phi) is 7.70. The van der Waals surface area contributed by atoms with E-state index in [9.17, 15) is 9.59 Å². The van der Waals surface area contributed by atoms with Gasteiger partial charge in [-0.1, -0.05) is 48.5 Å². The van der Waals surface area contributed by atoms with Crippen LogP contribution < -0.4 is 10.2 Å². The second-order valence-electron chi connectivity index (χ2n) is 6.56. The summed E-state index contributed by atoms with van der Waals surface area (Å²) in [5.41, 5.74) is 2.65. The van der Waals surface area contributed by atoms with Gasteiger partial charge in [0.2, 0.25) is 11.8 Å². The molecule has 3 rings (SSSR count). The molecule has 0 bridgehead atoms. The van der Waals surface area contributed by atoms with Crippen LogP contribution in [0.1, 0.15) is 24.3 Å². The Hall–Kier alpha value is -3.50. The molecule has 0 saturated heterocycles. The number of hydrogen-bond donors (Lipinski definition) is 1. The van der Waals surface area contributed by atoms with E-state index in [1.165, 1.54) is 11.3 Å². The highest BCUT2D eigenvalue weighted by Crippen LogP contribution is 2.21. The van der Waals surface area contributed by atoms with Crippen LogP contribution in [-0.4, -0.2) is 23.3 Å². The zero-order valence-electron chi connectivity index (χ0n) is 16.5. The number of nitriles is 1. The molecule has 0 spiro atoms. The number of rotatable bonds is 9. The largest absolute Gasteiger partial charge is 0.350 e. The number of thiazole rings is 1. The maximum Gasteiger partial charge on any atom is 0.227 e. The standard InChI is InChI=1S/C23H22N4O2S/c24-14-7-15-27(19-10-5-2-6-11-19)23(29)13-12-21(28)25-16-22-26-20(17-30-22)18-8-3-1-4-9-18/h1-6,8-11,17H,7,12-13,15-16H2,(H,25,28). The SMILES string of the molecule is N#CCCN(C(=O)CCC(=O)NCc1nc(-c2ccccc2)cs1)c1ccccc1. The van der Waals surface area contributed by atoms with Crippen LogP contribution in [-0.2, 0) is 16.1 Å². The molecule has 30 heavy (non-hydrogen) atoms. The van der Waals surface area contributed by atoms with Crippen LogP contribution in [0.5, 0.6) is 0 Å². The molecule has 0 atom stereocenters. The van der Waals surface area contributed by atoms with Crippen molar-refractivity contribution in [3.8, 4) is 17.3 Å². The quantitative estimate of drug-likeness (QED) is 0.565. The third kappa shape index (κ3) is 6.00. The van der Waals surface area contributed by atoms with Gasteiger partial charge in [0.25, 0.3) is 0 Å². The second kappa shape index (κ2) is 10.9. The number of aromatic nitrogens is 1. The number of hydrogen-bond acceptors (Lipinski definition) is 5. The van der Waals surface area contributed by atoms with Gasteiger partial charge in [-0.25, -0.2) is 4.98 Å². The third-order valence-electron chi connectivity index (χ3n) is 4.44. The van der Waals surface area contributed by atoms with Gasteiger partial charge < -0.3 is 10.2 Å². The van der Waals surface area contributed by atoms with E-state index in [2.05, 4.69) is 16.4 Å². The molecule has 7 heteroatoms. The van der Waals surface area contributed by atoms with Crippen molar-refractivity contribution in [3.05, 3.63) is 71.1 Å². The maximum atomic E-state index is 12.6. The number of carbonyl (C=O) groups is 2. The van der Waals surface area contributed by atoms with Crippen molar-refractivity contribution in [3.63, 3.8) is 0 Å². The Bertz CT molecular complexity index is 1010. The molecule has 1 aromatic heterocycles. The molecular formula is C23H22N4O2S. The molecule has 0 aliphatic carbocycles. The number of para-hydroxylation sites is 1. The minimum Gasteiger partial charge on any atom is -0.350 e. The van der Waals surface area contributed by atoms with Gasteiger partial charge in [-0.05, 0) is 12.1 Å². The Morgan fingerprint density at radius 2 is 1.73 bits per heavy atom. The van der Waals surface area contributed by atoms with Crippen molar-refractivity contribution in [2.75, 3.05) is 11.4 Å². The second-order valence-corrected chi connectivity index (χ2v) is 7.50. The lowest BCUT2D eigenvalue weighted by atomic mass is 10.2. The minimum atomic E-state index is -0.201. The summed E-state index contributed by atoms with van der Waals surface area (Å²) in [6.45, 7) is 0.643. The first-order valence-corrected chi connectivity index (χ1v) is 10.5. The van der Waals surface area contributed by atoms with Gasteiger partial charge in [-0.15, -0.1) is 11.3 Å². The van der Waals surface area contributed by atoms with Crippen LogP contribution in [0, 0.1) is 11.3 Å². The lowest BCUT2D eigenvalue weighted by molar-refractivity contribution is -0.125. The summed E-state index contributed by atoms with van der Waals surface area (Å²) in [4.78, 5) is 30.9. The average molecular weight is 419 g/mol. The van der Waals surface area contributed by atoms with Gasteiger partial charge >= 0.3 is 0 Å². The summed E-state index contributed by atoms with van der Waals surface area (Å²) in [6.07, 6.45) is 0.408. The molecule has 0 saturated carbocycles. The molecule has 0 fully saturated rings. The van der Waals surface area contributed by atoms with E-state index in [0.29, 0.717) is 13.1 Å². The topological polar surface area (TPSA) is 86.1 Å². The van der Waals surface area contributed by atoms with Crippen LogP contribution in [0.4, 0.5) is 5.69 Å². The fourth-order valence-electron chi connectivity index (χ4n) is 2.92. The van der Waals surface area contributed by atoms with Gasteiger partial charge in [-0.3, -0.25) is 9.59 Å². The first-order chi connectivity index (χ1) is 14.7. The summed E-state index contributed by atoms with van der Waals surface area (Å²) < 4.78 is 0. The van der Waals surface area contributed by atoms with E-state index in [4.69, 9.17) is 5.26 Å². The summed E-state index contributed by atoms with van der Waals surface area (Å²) in [6, 6.07) is 21.1. The molecule has 3 aromatic rings. The third-order valence-corrected chi connectivity index (χ3v) is 5.29. The number of nitrogens with one attached hydrogen (secondary N) is 1. The van der Waals surface area contributed by atoms with Crippen LogP contribution in [0.15, 0.2) is 66.0 Å². The van der Waals surface area contributed by atoms with Crippen molar-refractivity contribution < 1.29 is 9.59 Å². The predicted molar refractivity (Wildman–Crippen MR) is 118 cm³/mol. The van der Waals surface area contributed by atoms with Crippen LogP contribution in [0.3, 0.4) is 0 Å². The highest BCUT2D eigenvalue weighted by molar-refractivity contribution is 7.09. The number of anilines is 1. The molecule has 6 nitrogen and oxygen atoms in total. The number of nitrogens with zero attached hydrogens (tertiary/aromatic N) is 3. The Balaban J connectivity index is 1.49. The molecule has 2 aromatic carbocycles. The van der Waals surface area contributed by atoms with Gasteiger partial charge in [0, 0.05) is 36.0 Å². The van der Waals surface area contributed by atoms with E-state index >= 15 is 0 Å². The van der Waals surface area contributed by atoms with Crippen molar-refractivity contribution in [1.29, 1.82) is 5.26 Å². The fraction of sp³-hybridized carbons (Fsp3) is 0.217. The normalized spacial score (nSPS) is 10.2. The minimum absolute atomic E-state index is 0.0826. The van der Waals surface area contributed by atoms with Gasteiger partial charge in [-0.2, -0.15) is 5.26 Å². The van der Waals surface area contributed by atoms with E-state index in [0.717, 1.165) is 22.0 Å². The number of carbonyl (C=O) groups excluding carboxylic acids is 2. The lowest BCUT2D eigenvalue weighted by Gasteiger charge is -2.21. The fourth-order valence-corrected chi connectivity index (χ4v) is 3.66. The van der Waals surface area contributed by atoms with E-state index < -0.39 is 0 Å². The zero-order valence-corrected chi connectivity index (χ0v) is 17.3. The highest BCUT2D eigenvalue weighted by atomic mass is 32.1. The van der Waals surface area contributed by atoms with Crippen LogP contribution in [0.2, 0.25) is 0 Å². The molecule has 1 heterocycles. The molecule has 0 aliphatic rings.